The Balaban J connectivity index is 1.03. The highest BCUT2D eigenvalue weighted by atomic mass is 19.1. The summed E-state index contributed by atoms with van der Waals surface area (Å²) in [5, 5.41) is 5.91. The molecular formula is C32H44FN3O7. The summed E-state index contributed by atoms with van der Waals surface area (Å²) in [6.45, 7) is 7.07. The highest BCUT2D eigenvalue weighted by molar-refractivity contribution is 5.89. The summed E-state index contributed by atoms with van der Waals surface area (Å²) in [6.07, 6.45) is 3.24. The van der Waals surface area contributed by atoms with Crippen LogP contribution in [0.2, 0.25) is 0 Å². The minimum Gasteiger partial charge on any atom is -0.447 e. The number of hydrogen-bond donors (Lipinski definition) is 2. The van der Waals surface area contributed by atoms with E-state index in [-0.39, 0.29) is 24.5 Å². The van der Waals surface area contributed by atoms with Crippen molar-refractivity contribution in [3.05, 3.63) is 65.0 Å². The summed E-state index contributed by atoms with van der Waals surface area (Å²) in [5.41, 5.74) is 3.77. The summed E-state index contributed by atoms with van der Waals surface area (Å²) < 4.78 is 40.2. The molecule has 2 aliphatic rings. The average Bonchev–Trinajstić information content (AvgIpc) is 3.44. The lowest BCUT2D eigenvalue weighted by atomic mass is 9.82. The first-order chi connectivity index (χ1) is 21.0. The van der Waals surface area contributed by atoms with Gasteiger partial charge in [0.1, 0.15) is 12.4 Å². The monoisotopic (exact) mass is 601 g/mol. The lowest BCUT2D eigenvalue weighted by Gasteiger charge is -2.29. The number of carbonyl (C=O) groups excluding carboxylic acids is 2. The van der Waals surface area contributed by atoms with Gasteiger partial charge >= 0.3 is 12.1 Å². The molecule has 1 saturated carbocycles. The molecule has 43 heavy (non-hydrogen) atoms. The van der Waals surface area contributed by atoms with Crippen molar-refractivity contribution in [3.8, 4) is 0 Å². The van der Waals surface area contributed by atoms with Crippen molar-refractivity contribution in [1.29, 1.82) is 0 Å². The van der Waals surface area contributed by atoms with Crippen molar-refractivity contribution < 1.29 is 37.7 Å². The van der Waals surface area contributed by atoms with E-state index in [1.165, 1.54) is 17.7 Å². The minimum atomic E-state index is -0.418. The van der Waals surface area contributed by atoms with Gasteiger partial charge in [-0.15, -0.1) is 0 Å². The van der Waals surface area contributed by atoms with Crippen LogP contribution in [0.4, 0.5) is 19.7 Å². The van der Waals surface area contributed by atoms with Crippen LogP contribution in [0.1, 0.15) is 55.2 Å². The van der Waals surface area contributed by atoms with Gasteiger partial charge in [0.2, 0.25) is 0 Å². The van der Waals surface area contributed by atoms with Crippen LogP contribution >= 0.6 is 0 Å². The molecule has 0 spiro atoms. The molecule has 10 nitrogen and oxygen atoms in total. The van der Waals surface area contributed by atoms with E-state index in [0.717, 1.165) is 42.5 Å². The van der Waals surface area contributed by atoms with Gasteiger partial charge in [0.15, 0.2) is 0 Å². The van der Waals surface area contributed by atoms with E-state index >= 15 is 0 Å². The van der Waals surface area contributed by atoms with E-state index in [4.69, 9.17) is 23.7 Å². The van der Waals surface area contributed by atoms with E-state index in [2.05, 4.69) is 22.8 Å². The first-order valence-corrected chi connectivity index (χ1v) is 15.2. The Morgan fingerprint density at radius 3 is 2.05 bits per heavy atom. The first kappa shape index (κ1) is 32.7. The second kappa shape index (κ2) is 17.8. The molecule has 3 amide bonds. The number of fused-ring (bicyclic) bond motifs is 1. The van der Waals surface area contributed by atoms with E-state index in [9.17, 15) is 14.0 Å². The second-order valence-corrected chi connectivity index (χ2v) is 10.7. The van der Waals surface area contributed by atoms with Gasteiger partial charge < -0.3 is 39.2 Å². The third-order valence-corrected chi connectivity index (χ3v) is 7.64. The number of urea groups is 1. The Bertz CT molecular complexity index is 1140. The number of rotatable bonds is 16. The van der Waals surface area contributed by atoms with Gasteiger partial charge in [-0.3, -0.25) is 0 Å². The topological polar surface area (TPSA) is 108 Å². The van der Waals surface area contributed by atoms with Crippen LogP contribution in [-0.4, -0.2) is 82.5 Å². The van der Waals surface area contributed by atoms with Gasteiger partial charge in [0.05, 0.1) is 46.2 Å². The maximum Gasteiger partial charge on any atom is 0.407 e. The molecule has 1 aliphatic carbocycles. The largest absolute Gasteiger partial charge is 0.447 e. The highest BCUT2D eigenvalue weighted by Crippen LogP contribution is 2.33. The predicted octanol–water partition coefficient (Wildman–Crippen LogP) is 5.21. The van der Waals surface area contributed by atoms with Gasteiger partial charge in [-0.2, -0.15) is 0 Å². The molecule has 2 N–H and O–H groups in total. The molecule has 1 aliphatic heterocycles. The van der Waals surface area contributed by atoms with Crippen LogP contribution in [0, 0.1) is 5.82 Å². The van der Waals surface area contributed by atoms with Crippen molar-refractivity contribution in [2.75, 3.05) is 64.8 Å². The molecule has 1 heterocycles. The van der Waals surface area contributed by atoms with Crippen molar-refractivity contribution in [3.63, 3.8) is 0 Å². The number of amides is 3. The van der Waals surface area contributed by atoms with Crippen LogP contribution in [0.5, 0.6) is 0 Å². The molecule has 2 aromatic rings. The fourth-order valence-corrected chi connectivity index (χ4v) is 5.32. The van der Waals surface area contributed by atoms with Crippen molar-refractivity contribution in [2.24, 2.45) is 0 Å². The van der Waals surface area contributed by atoms with Crippen molar-refractivity contribution >= 4 is 17.8 Å². The van der Waals surface area contributed by atoms with Crippen LogP contribution < -0.4 is 10.6 Å². The lowest BCUT2D eigenvalue weighted by Crippen LogP contribution is -2.38. The molecule has 0 bridgehead atoms. The molecular weight excluding hydrogens is 557 g/mol. The smallest absolute Gasteiger partial charge is 0.407 e. The van der Waals surface area contributed by atoms with E-state index in [1.807, 2.05) is 19.1 Å². The van der Waals surface area contributed by atoms with Crippen molar-refractivity contribution in [2.45, 2.75) is 57.7 Å². The van der Waals surface area contributed by atoms with Gasteiger partial charge in [-0.05, 0) is 79.5 Å². The fraction of sp³-hybridized carbons (Fsp3) is 0.562. The molecule has 236 valence electrons. The summed E-state index contributed by atoms with van der Waals surface area (Å²) in [4.78, 5) is 26.6. The van der Waals surface area contributed by atoms with E-state index in [1.54, 1.807) is 11.0 Å². The molecule has 4 rings (SSSR count). The number of anilines is 1. The second-order valence-electron chi connectivity index (χ2n) is 10.7. The molecule has 0 unspecified atom stereocenters. The van der Waals surface area contributed by atoms with Crippen LogP contribution in [0.3, 0.4) is 0 Å². The molecule has 11 heteroatoms. The Morgan fingerprint density at radius 2 is 1.40 bits per heavy atom. The third-order valence-electron chi connectivity index (χ3n) is 7.64. The Kier molecular flexibility index (Phi) is 13.5. The van der Waals surface area contributed by atoms with Crippen LogP contribution in [0.15, 0.2) is 42.5 Å². The number of nitrogens with zero attached hydrogens (tertiary/aromatic N) is 1. The number of benzene rings is 2. The summed E-state index contributed by atoms with van der Waals surface area (Å²) >= 11 is 0. The van der Waals surface area contributed by atoms with Crippen LogP contribution in [0.25, 0.3) is 0 Å². The molecule has 0 radical (unpaired) electrons. The quantitative estimate of drug-likeness (QED) is 0.254. The van der Waals surface area contributed by atoms with Gasteiger partial charge in [-0.1, -0.05) is 18.2 Å². The lowest BCUT2D eigenvalue weighted by molar-refractivity contribution is -0.00558. The number of carbonyl (C=O) groups is 2. The standard InChI is InChI=1S/C32H44FN3O7/c1-2-39-13-14-40-15-16-41-17-18-42-19-20-43-32(38)35-30-11-6-25(7-12-30)24-4-9-29(10-5-24)34-31(37)36-22-26-3-8-28(33)21-27(26)23-36/h3-5,8-10,21,25,30H,2,6-7,11-20,22-23H2,1H3,(H,34,37)(H,35,38). The number of nitrogens with one attached hydrogen (secondary N) is 2. The fourth-order valence-electron chi connectivity index (χ4n) is 5.32. The van der Waals surface area contributed by atoms with E-state index < -0.39 is 6.09 Å². The Labute approximate surface area is 253 Å². The van der Waals surface area contributed by atoms with E-state index in [0.29, 0.717) is 71.9 Å². The normalized spacial score (nSPS) is 17.9. The van der Waals surface area contributed by atoms with Gasteiger partial charge in [0.25, 0.3) is 0 Å². The average molecular weight is 602 g/mol. The minimum absolute atomic E-state index is 0.0884. The molecule has 2 aromatic carbocycles. The zero-order valence-corrected chi connectivity index (χ0v) is 25.0. The third kappa shape index (κ3) is 11.1. The van der Waals surface area contributed by atoms with Gasteiger partial charge in [0, 0.05) is 31.4 Å². The summed E-state index contributed by atoms with van der Waals surface area (Å²) in [5.74, 6) is 0.117. The number of hydrogen-bond acceptors (Lipinski definition) is 7. The maximum atomic E-state index is 13.5. The number of halogens is 1. The SMILES string of the molecule is CCOCCOCCOCCOCCOC(=O)NC1CCC(c2ccc(NC(=O)N3Cc4ccc(F)cc4C3)cc2)CC1. The maximum absolute atomic E-state index is 13.5. The summed E-state index contributed by atoms with van der Waals surface area (Å²) in [6, 6.07) is 12.5. The predicted molar refractivity (Wildman–Crippen MR) is 160 cm³/mol. The number of alkyl carbamates (subject to hydrolysis) is 1. The molecule has 0 aromatic heterocycles. The molecule has 1 fully saturated rings. The highest BCUT2D eigenvalue weighted by Gasteiger charge is 2.25. The van der Waals surface area contributed by atoms with Crippen molar-refractivity contribution in [1.82, 2.24) is 10.2 Å². The molecule has 0 saturated heterocycles. The zero-order chi connectivity index (χ0) is 30.3. The Hall–Kier alpha value is -3.25. The van der Waals surface area contributed by atoms with Gasteiger partial charge in [-0.25, -0.2) is 14.0 Å². The molecule has 0 atom stereocenters. The number of ether oxygens (including phenoxy) is 5. The van der Waals surface area contributed by atoms with Crippen LogP contribution in [-0.2, 0) is 36.8 Å². The Morgan fingerprint density at radius 1 is 0.791 bits per heavy atom. The zero-order valence-electron chi connectivity index (χ0n) is 25.0. The summed E-state index contributed by atoms with van der Waals surface area (Å²) in [7, 11) is 0. The first-order valence-electron chi connectivity index (χ1n) is 15.2.